The van der Waals surface area contributed by atoms with Crippen LogP contribution in [0.2, 0.25) is 0 Å². The molecule has 32 heavy (non-hydrogen) atoms. The predicted molar refractivity (Wildman–Crippen MR) is 129 cm³/mol. The van der Waals surface area contributed by atoms with E-state index in [1.165, 1.54) is 11.1 Å². The van der Waals surface area contributed by atoms with E-state index in [0.29, 0.717) is 12.5 Å². The summed E-state index contributed by atoms with van der Waals surface area (Å²) >= 11 is 0. The Balaban J connectivity index is 1.90. The van der Waals surface area contributed by atoms with Crippen molar-refractivity contribution < 1.29 is 9.84 Å². The van der Waals surface area contributed by atoms with Crippen LogP contribution >= 0.6 is 0 Å². The number of fused-ring (bicyclic) bond motifs is 1. The zero-order valence-electron chi connectivity index (χ0n) is 19.5. The molecule has 3 aromatic carbocycles. The van der Waals surface area contributed by atoms with Gasteiger partial charge in [0.25, 0.3) is 0 Å². The highest BCUT2D eigenvalue weighted by atomic mass is 16.5. The van der Waals surface area contributed by atoms with Gasteiger partial charge in [0, 0.05) is 13.1 Å². The van der Waals surface area contributed by atoms with E-state index in [1.54, 1.807) is 7.11 Å². The fourth-order valence-electron chi connectivity index (χ4n) is 4.24. The molecule has 0 saturated carbocycles. The van der Waals surface area contributed by atoms with E-state index in [-0.39, 0.29) is 6.61 Å². The predicted octanol–water partition coefficient (Wildman–Crippen LogP) is 5.19. The lowest BCUT2D eigenvalue weighted by Crippen LogP contribution is -2.24. The first-order valence-corrected chi connectivity index (χ1v) is 11.0. The third-order valence-corrected chi connectivity index (χ3v) is 6.03. The fraction of sp³-hybridized carbons (Fsp3) is 0.296. The smallest absolute Gasteiger partial charge is 0.211 e. The molecule has 1 N–H and O–H groups in total. The standard InChI is InChI=1S/C27H31N3O2/c1-18(2)24-12-10-22(14-19(24)3)28-27-29(4)25-13-11-23(32-5)15-26(25)30(27)16-20-6-8-21(17-31)9-7-20/h6-15,18,31H,16-17H2,1-5H3/b28-27-. The van der Waals surface area contributed by atoms with Gasteiger partial charge >= 0.3 is 0 Å². The minimum absolute atomic E-state index is 0.0468. The summed E-state index contributed by atoms with van der Waals surface area (Å²) in [7, 11) is 3.74. The van der Waals surface area contributed by atoms with Gasteiger partial charge < -0.3 is 19.0 Å². The van der Waals surface area contributed by atoms with Gasteiger partial charge in [-0.1, -0.05) is 44.2 Å². The average molecular weight is 430 g/mol. The van der Waals surface area contributed by atoms with Crippen LogP contribution in [-0.4, -0.2) is 21.4 Å². The van der Waals surface area contributed by atoms with Gasteiger partial charge in [0.15, 0.2) is 0 Å². The third kappa shape index (κ3) is 4.21. The monoisotopic (exact) mass is 429 g/mol. The number of aromatic nitrogens is 2. The Morgan fingerprint density at radius 3 is 2.28 bits per heavy atom. The molecular weight excluding hydrogens is 398 g/mol. The number of rotatable bonds is 6. The Morgan fingerprint density at radius 2 is 1.66 bits per heavy atom. The maximum absolute atomic E-state index is 9.37. The van der Waals surface area contributed by atoms with Crippen molar-refractivity contribution in [3.63, 3.8) is 0 Å². The number of hydrogen-bond donors (Lipinski definition) is 1. The van der Waals surface area contributed by atoms with Crippen molar-refractivity contribution in [2.24, 2.45) is 12.0 Å². The first-order chi connectivity index (χ1) is 15.4. The van der Waals surface area contributed by atoms with Gasteiger partial charge in [0.2, 0.25) is 5.62 Å². The van der Waals surface area contributed by atoms with Crippen LogP contribution in [-0.2, 0) is 20.2 Å². The number of aliphatic hydroxyl groups excluding tert-OH is 1. The minimum atomic E-state index is 0.0468. The molecule has 5 nitrogen and oxygen atoms in total. The van der Waals surface area contributed by atoms with Gasteiger partial charge in [-0.25, -0.2) is 4.99 Å². The molecule has 0 saturated heterocycles. The van der Waals surface area contributed by atoms with Crippen molar-refractivity contribution in [1.29, 1.82) is 0 Å². The number of benzene rings is 3. The molecule has 0 aliphatic heterocycles. The molecule has 166 valence electrons. The van der Waals surface area contributed by atoms with Crippen LogP contribution in [0.1, 0.15) is 42.0 Å². The van der Waals surface area contributed by atoms with Gasteiger partial charge in [0.05, 0.1) is 37.0 Å². The maximum Gasteiger partial charge on any atom is 0.211 e. The van der Waals surface area contributed by atoms with Crippen LogP contribution in [0.5, 0.6) is 5.75 Å². The number of ether oxygens (including phenoxy) is 1. The van der Waals surface area contributed by atoms with Crippen molar-refractivity contribution in [3.8, 4) is 5.75 Å². The molecule has 4 rings (SSSR count). The van der Waals surface area contributed by atoms with Crippen molar-refractivity contribution in [2.75, 3.05) is 7.11 Å². The number of nitrogens with zero attached hydrogens (tertiary/aromatic N) is 3. The first kappa shape index (κ1) is 21.9. The summed E-state index contributed by atoms with van der Waals surface area (Å²) < 4.78 is 9.84. The van der Waals surface area contributed by atoms with E-state index in [2.05, 4.69) is 72.4 Å². The fourth-order valence-corrected chi connectivity index (χ4v) is 4.24. The van der Waals surface area contributed by atoms with Crippen LogP contribution < -0.4 is 10.4 Å². The lowest BCUT2D eigenvalue weighted by molar-refractivity contribution is 0.282. The number of aryl methyl sites for hydroxylation is 2. The average Bonchev–Trinajstić information content (AvgIpc) is 3.04. The molecule has 0 aliphatic carbocycles. The topological polar surface area (TPSA) is 51.7 Å². The second-order valence-electron chi connectivity index (χ2n) is 8.58. The molecule has 1 aromatic heterocycles. The summed E-state index contributed by atoms with van der Waals surface area (Å²) in [6.07, 6.45) is 0. The van der Waals surface area contributed by atoms with Gasteiger partial charge in [-0.05, 0) is 59.4 Å². The summed E-state index contributed by atoms with van der Waals surface area (Å²) in [5.41, 5.74) is 8.62. The van der Waals surface area contributed by atoms with Crippen molar-refractivity contribution in [3.05, 3.63) is 88.5 Å². The third-order valence-electron chi connectivity index (χ3n) is 6.03. The van der Waals surface area contributed by atoms with Gasteiger partial charge in [-0.15, -0.1) is 0 Å². The zero-order valence-corrected chi connectivity index (χ0v) is 19.5. The summed E-state index contributed by atoms with van der Waals surface area (Å²) in [4.78, 5) is 5.07. The Bertz CT molecular complexity index is 1310. The number of hydrogen-bond acceptors (Lipinski definition) is 3. The SMILES string of the molecule is COc1ccc2c(c1)n(Cc1ccc(CO)cc1)/c(=N\c1ccc(C(C)C)c(C)c1)n2C. The van der Waals surface area contributed by atoms with Crippen molar-refractivity contribution in [2.45, 2.75) is 39.8 Å². The van der Waals surface area contributed by atoms with Crippen LogP contribution in [0.4, 0.5) is 5.69 Å². The van der Waals surface area contributed by atoms with E-state index in [4.69, 9.17) is 9.73 Å². The highest BCUT2D eigenvalue weighted by molar-refractivity contribution is 5.78. The molecule has 0 amide bonds. The molecule has 0 spiro atoms. The van der Waals surface area contributed by atoms with E-state index >= 15 is 0 Å². The largest absolute Gasteiger partial charge is 0.497 e. The lowest BCUT2D eigenvalue weighted by atomic mass is 9.98. The molecule has 0 fully saturated rings. The molecule has 4 aromatic rings. The highest BCUT2D eigenvalue weighted by Gasteiger charge is 2.12. The van der Waals surface area contributed by atoms with Crippen LogP contribution in [0.15, 0.2) is 65.7 Å². The van der Waals surface area contributed by atoms with Crippen molar-refractivity contribution >= 4 is 16.7 Å². The highest BCUT2D eigenvalue weighted by Crippen LogP contribution is 2.25. The first-order valence-electron chi connectivity index (χ1n) is 11.0. The van der Waals surface area contributed by atoms with Crippen LogP contribution in [0.25, 0.3) is 11.0 Å². The molecule has 0 bridgehead atoms. The Morgan fingerprint density at radius 1 is 0.938 bits per heavy atom. The second kappa shape index (κ2) is 9.05. The lowest BCUT2D eigenvalue weighted by Gasteiger charge is -2.10. The minimum Gasteiger partial charge on any atom is -0.497 e. The van der Waals surface area contributed by atoms with Gasteiger partial charge in [-0.2, -0.15) is 0 Å². The number of imidazole rings is 1. The quantitative estimate of drug-likeness (QED) is 0.458. The number of aliphatic hydroxyl groups is 1. The Hall–Kier alpha value is -3.31. The molecule has 0 unspecified atom stereocenters. The van der Waals surface area contributed by atoms with Gasteiger partial charge in [0.1, 0.15) is 5.75 Å². The second-order valence-corrected chi connectivity index (χ2v) is 8.58. The Labute approximate surface area is 189 Å². The van der Waals surface area contributed by atoms with E-state index in [1.807, 2.05) is 25.2 Å². The summed E-state index contributed by atoms with van der Waals surface area (Å²) in [6, 6.07) is 20.6. The van der Waals surface area contributed by atoms with E-state index in [0.717, 1.165) is 39.2 Å². The van der Waals surface area contributed by atoms with E-state index < -0.39 is 0 Å². The molecule has 5 heteroatoms. The molecule has 0 aliphatic rings. The number of methoxy groups -OCH3 is 1. The van der Waals surface area contributed by atoms with Gasteiger partial charge in [-0.3, -0.25) is 0 Å². The van der Waals surface area contributed by atoms with Crippen molar-refractivity contribution in [1.82, 2.24) is 9.13 Å². The molecule has 0 atom stereocenters. The normalized spacial score (nSPS) is 12.2. The maximum atomic E-state index is 9.37. The van der Waals surface area contributed by atoms with Crippen LogP contribution in [0, 0.1) is 6.92 Å². The van der Waals surface area contributed by atoms with Crippen LogP contribution in [0.3, 0.4) is 0 Å². The zero-order chi connectivity index (χ0) is 22.8. The summed E-state index contributed by atoms with van der Waals surface area (Å²) in [6.45, 7) is 7.29. The molecule has 0 radical (unpaired) electrons. The summed E-state index contributed by atoms with van der Waals surface area (Å²) in [5.74, 6) is 1.30. The molecule has 1 heterocycles. The molecular formula is C27H31N3O2. The summed E-state index contributed by atoms with van der Waals surface area (Å²) in [5, 5.41) is 9.37. The van der Waals surface area contributed by atoms with E-state index in [9.17, 15) is 5.11 Å². The Kier molecular flexibility index (Phi) is 6.19.